The van der Waals surface area contributed by atoms with Gasteiger partial charge < -0.3 is 4.74 Å². The number of rotatable bonds is 8. The van der Waals surface area contributed by atoms with Crippen molar-refractivity contribution in [3.8, 4) is 16.9 Å². The Kier molecular flexibility index (Phi) is 7.96. The molecule has 0 saturated heterocycles. The minimum atomic E-state index is -1.71. The van der Waals surface area contributed by atoms with Gasteiger partial charge in [-0.25, -0.2) is 4.39 Å². The molecule has 0 N–H and O–H groups in total. The van der Waals surface area contributed by atoms with Gasteiger partial charge in [0.25, 0.3) is 0 Å². The third kappa shape index (κ3) is 5.82. The molecule has 0 radical (unpaired) electrons. The molecule has 0 fully saturated rings. The molecule has 160 valence electrons. The van der Waals surface area contributed by atoms with Gasteiger partial charge in [0.1, 0.15) is 11.2 Å². The fourth-order valence-corrected chi connectivity index (χ4v) is 4.93. The van der Waals surface area contributed by atoms with Gasteiger partial charge in [0.15, 0.2) is 5.15 Å². The molecule has 2 nitrogen and oxygen atoms in total. The molecule has 0 amide bonds. The SMILES string of the molecule is CCCCCc1ccc(-c2cc3ccc(OC(C)S)cc3sc2=O)c(C(F)(P)P)c1. The zero-order valence-electron chi connectivity index (χ0n) is 17.2. The summed E-state index contributed by atoms with van der Waals surface area (Å²) in [6.45, 7) is 4.00. The molecule has 0 spiro atoms. The first-order valence-electron chi connectivity index (χ1n) is 10.0. The monoisotopic (exact) mass is 480 g/mol. The third-order valence-electron chi connectivity index (χ3n) is 4.87. The molecule has 0 aliphatic rings. The topological polar surface area (TPSA) is 26.3 Å². The molecular weight excluding hydrogens is 453 g/mol. The Hall–Kier alpha value is -0.990. The van der Waals surface area contributed by atoms with Gasteiger partial charge in [0.2, 0.25) is 4.74 Å². The van der Waals surface area contributed by atoms with E-state index in [0.717, 1.165) is 52.7 Å². The highest BCUT2D eigenvalue weighted by Gasteiger charge is 2.25. The van der Waals surface area contributed by atoms with Crippen LogP contribution in [0.15, 0.2) is 47.3 Å². The molecule has 1 aromatic heterocycles. The second-order valence-electron chi connectivity index (χ2n) is 7.47. The van der Waals surface area contributed by atoms with Crippen molar-refractivity contribution in [3.05, 3.63) is 63.1 Å². The van der Waals surface area contributed by atoms with Crippen LogP contribution in [0, 0.1) is 0 Å². The number of alkyl halides is 1. The van der Waals surface area contributed by atoms with E-state index in [0.29, 0.717) is 22.4 Å². The standard InChI is InChI=1S/C23H27FO2P2S2/c1-3-4-5-6-15-7-10-18(20(11-15)23(24,27)28)19-12-16-8-9-17(26-14(2)29)13-21(16)30-22(19)25/h7-14,29H,3-6,27-28H2,1-2H3. The number of unbranched alkanes of at least 4 members (excludes halogenated alkanes) is 2. The third-order valence-corrected chi connectivity index (χ3v) is 6.58. The summed E-state index contributed by atoms with van der Waals surface area (Å²) < 4.78 is 21.4. The Morgan fingerprint density at radius 3 is 2.57 bits per heavy atom. The Morgan fingerprint density at radius 2 is 1.90 bits per heavy atom. The first-order valence-corrected chi connectivity index (χ1v) is 12.5. The number of ether oxygens (including phenoxy) is 1. The van der Waals surface area contributed by atoms with Gasteiger partial charge in [-0.05, 0) is 60.5 Å². The second-order valence-corrected chi connectivity index (χ2v) is 11.6. The van der Waals surface area contributed by atoms with Crippen LogP contribution in [0.3, 0.4) is 0 Å². The minimum absolute atomic E-state index is 0.0993. The summed E-state index contributed by atoms with van der Waals surface area (Å²) in [6, 6.07) is 13.3. The van der Waals surface area contributed by atoms with E-state index in [1.165, 1.54) is 0 Å². The van der Waals surface area contributed by atoms with Gasteiger partial charge in [-0.3, -0.25) is 4.79 Å². The molecule has 3 aromatic rings. The van der Waals surface area contributed by atoms with Crippen molar-refractivity contribution in [1.29, 1.82) is 0 Å². The molecule has 2 aromatic carbocycles. The molecule has 3 rings (SSSR count). The number of benzene rings is 2. The number of hydrogen-bond acceptors (Lipinski definition) is 4. The van der Waals surface area contributed by atoms with Crippen LogP contribution in [0.25, 0.3) is 21.2 Å². The zero-order valence-corrected chi connectivity index (χ0v) is 21.2. The number of fused-ring (bicyclic) bond motifs is 1. The maximum Gasteiger partial charge on any atom is 0.240 e. The summed E-state index contributed by atoms with van der Waals surface area (Å²) in [6.07, 6.45) is 4.27. The second kappa shape index (κ2) is 10.1. The van der Waals surface area contributed by atoms with Gasteiger partial charge in [0, 0.05) is 15.8 Å². The molecule has 1 heterocycles. The van der Waals surface area contributed by atoms with Crippen molar-refractivity contribution in [2.75, 3.05) is 0 Å². The zero-order chi connectivity index (χ0) is 21.9. The van der Waals surface area contributed by atoms with Crippen LogP contribution < -0.4 is 9.48 Å². The van der Waals surface area contributed by atoms with Crippen LogP contribution in [0.4, 0.5) is 4.39 Å². The molecule has 3 unspecified atom stereocenters. The molecule has 0 aliphatic carbocycles. The van der Waals surface area contributed by atoms with Crippen LogP contribution in [-0.4, -0.2) is 5.44 Å². The van der Waals surface area contributed by atoms with Crippen molar-refractivity contribution >= 4 is 52.5 Å². The van der Waals surface area contributed by atoms with Crippen LogP contribution in [0.2, 0.25) is 0 Å². The molecule has 7 heteroatoms. The van der Waals surface area contributed by atoms with Crippen LogP contribution in [-0.2, 0) is 11.6 Å². The predicted octanol–water partition coefficient (Wildman–Crippen LogP) is 7.15. The van der Waals surface area contributed by atoms with E-state index in [2.05, 4.69) is 38.0 Å². The minimum Gasteiger partial charge on any atom is -0.480 e. The van der Waals surface area contributed by atoms with Crippen molar-refractivity contribution in [2.24, 2.45) is 0 Å². The Labute approximate surface area is 191 Å². The van der Waals surface area contributed by atoms with E-state index in [1.807, 2.05) is 49.4 Å². The molecular formula is C23H27FO2P2S2. The lowest BCUT2D eigenvalue weighted by molar-refractivity contribution is 0.310. The molecule has 0 saturated carbocycles. The van der Waals surface area contributed by atoms with E-state index in [4.69, 9.17) is 4.74 Å². The van der Waals surface area contributed by atoms with E-state index < -0.39 is 5.15 Å². The molecule has 3 atom stereocenters. The summed E-state index contributed by atoms with van der Waals surface area (Å²) in [5, 5.41) is -0.786. The number of thiol groups is 1. The number of aryl methyl sites for hydroxylation is 1. The first-order chi connectivity index (χ1) is 14.2. The van der Waals surface area contributed by atoms with Gasteiger partial charge >= 0.3 is 0 Å². The highest BCUT2D eigenvalue weighted by atomic mass is 32.1. The largest absolute Gasteiger partial charge is 0.480 e. The maximum atomic E-state index is 15.1. The smallest absolute Gasteiger partial charge is 0.240 e. The Bertz CT molecular complexity index is 1090. The lowest BCUT2D eigenvalue weighted by atomic mass is 9.96. The number of halogens is 1. The average molecular weight is 481 g/mol. The van der Waals surface area contributed by atoms with Crippen molar-refractivity contribution in [2.45, 2.75) is 50.1 Å². The summed E-state index contributed by atoms with van der Waals surface area (Å²) >= 11 is 5.39. The normalized spacial score (nSPS) is 12.9. The van der Waals surface area contributed by atoms with Gasteiger partial charge in [-0.15, -0.1) is 12.6 Å². The van der Waals surface area contributed by atoms with Crippen molar-refractivity contribution in [3.63, 3.8) is 0 Å². The van der Waals surface area contributed by atoms with Crippen LogP contribution in [0.1, 0.15) is 44.2 Å². The average Bonchev–Trinajstić information content (AvgIpc) is 2.66. The van der Waals surface area contributed by atoms with E-state index in [-0.39, 0.29) is 10.2 Å². The Morgan fingerprint density at radius 1 is 1.13 bits per heavy atom. The lowest BCUT2D eigenvalue weighted by Gasteiger charge is -2.20. The molecule has 30 heavy (non-hydrogen) atoms. The quantitative estimate of drug-likeness (QED) is 0.160. The molecule has 0 bridgehead atoms. The first kappa shape index (κ1) is 23.7. The fraction of sp³-hybridized carbons (Fsp3) is 0.348. The maximum absolute atomic E-state index is 15.1. The summed E-state index contributed by atoms with van der Waals surface area (Å²) in [5.41, 5.74) is 2.51. The van der Waals surface area contributed by atoms with E-state index >= 15 is 4.39 Å². The van der Waals surface area contributed by atoms with Crippen LogP contribution >= 0.6 is 42.4 Å². The lowest BCUT2D eigenvalue weighted by Crippen LogP contribution is -2.08. The van der Waals surface area contributed by atoms with Gasteiger partial charge in [0.05, 0.1) is 0 Å². The number of hydrogen-bond donors (Lipinski definition) is 1. The highest BCUT2D eigenvalue weighted by Crippen LogP contribution is 2.45. The van der Waals surface area contributed by atoms with E-state index in [9.17, 15) is 4.79 Å². The van der Waals surface area contributed by atoms with Gasteiger partial charge in [-0.1, -0.05) is 67.8 Å². The fourth-order valence-electron chi connectivity index (χ4n) is 3.43. The Balaban J connectivity index is 2.07. The summed E-state index contributed by atoms with van der Waals surface area (Å²) in [4.78, 5) is 13.0. The summed E-state index contributed by atoms with van der Waals surface area (Å²) in [7, 11) is 4.47. The van der Waals surface area contributed by atoms with E-state index in [1.54, 1.807) is 0 Å². The highest BCUT2D eigenvalue weighted by molar-refractivity contribution is 7.80. The van der Waals surface area contributed by atoms with Crippen LogP contribution in [0.5, 0.6) is 5.75 Å². The van der Waals surface area contributed by atoms with Gasteiger partial charge in [-0.2, -0.15) is 0 Å². The summed E-state index contributed by atoms with van der Waals surface area (Å²) in [5.74, 6) is 0.670. The van der Waals surface area contributed by atoms with Crippen molar-refractivity contribution in [1.82, 2.24) is 0 Å². The predicted molar refractivity (Wildman–Crippen MR) is 138 cm³/mol. The van der Waals surface area contributed by atoms with Crippen molar-refractivity contribution < 1.29 is 9.13 Å². The molecule has 0 aliphatic heterocycles.